The average molecular weight is 485 g/mol. The molecule has 3 amide bonds. The maximum atomic E-state index is 13.0. The lowest BCUT2D eigenvalue weighted by Gasteiger charge is -2.30. The van der Waals surface area contributed by atoms with E-state index in [-0.39, 0.29) is 42.5 Å². The Labute approximate surface area is 206 Å². The van der Waals surface area contributed by atoms with Gasteiger partial charge in [-0.05, 0) is 30.7 Å². The number of carbonyl (C=O) groups excluding carboxylic acids is 3. The van der Waals surface area contributed by atoms with Crippen molar-refractivity contribution >= 4 is 34.2 Å². The van der Waals surface area contributed by atoms with Gasteiger partial charge in [-0.3, -0.25) is 14.4 Å². The van der Waals surface area contributed by atoms with E-state index < -0.39 is 0 Å². The Hall–Kier alpha value is -2.74. The lowest BCUT2D eigenvalue weighted by atomic mass is 9.88. The van der Waals surface area contributed by atoms with Gasteiger partial charge >= 0.3 is 0 Å². The van der Waals surface area contributed by atoms with Crippen molar-refractivity contribution in [1.29, 1.82) is 0 Å². The van der Waals surface area contributed by atoms with Gasteiger partial charge in [-0.15, -0.1) is 11.3 Å². The van der Waals surface area contributed by atoms with E-state index in [4.69, 9.17) is 0 Å². The SMILES string of the molecule is CC(C)CN(CC(=O)Nc1nc(CC(=O)NCCc2ccccc2)cs1)C(=O)C1CCCCC1. The van der Waals surface area contributed by atoms with Crippen LogP contribution in [0.3, 0.4) is 0 Å². The van der Waals surface area contributed by atoms with Crippen molar-refractivity contribution in [3.63, 3.8) is 0 Å². The molecule has 8 heteroatoms. The molecule has 1 heterocycles. The minimum atomic E-state index is -0.252. The summed E-state index contributed by atoms with van der Waals surface area (Å²) < 4.78 is 0. The monoisotopic (exact) mass is 484 g/mol. The average Bonchev–Trinajstić information content (AvgIpc) is 3.25. The van der Waals surface area contributed by atoms with Crippen LogP contribution in [0.5, 0.6) is 0 Å². The molecule has 1 aliphatic carbocycles. The number of amides is 3. The van der Waals surface area contributed by atoms with Crippen LogP contribution < -0.4 is 10.6 Å². The molecule has 3 rings (SSSR count). The zero-order valence-corrected chi connectivity index (χ0v) is 21.0. The Kier molecular flexibility index (Phi) is 10.1. The van der Waals surface area contributed by atoms with Crippen molar-refractivity contribution in [2.75, 3.05) is 25.0 Å². The molecule has 0 radical (unpaired) electrons. The van der Waals surface area contributed by atoms with Crippen LogP contribution in [0.2, 0.25) is 0 Å². The maximum Gasteiger partial charge on any atom is 0.245 e. The van der Waals surface area contributed by atoms with E-state index >= 15 is 0 Å². The molecule has 0 aliphatic heterocycles. The lowest BCUT2D eigenvalue weighted by molar-refractivity contribution is -0.139. The van der Waals surface area contributed by atoms with Crippen LogP contribution in [0.4, 0.5) is 5.13 Å². The highest BCUT2D eigenvalue weighted by molar-refractivity contribution is 7.13. The van der Waals surface area contributed by atoms with Crippen LogP contribution in [0, 0.1) is 11.8 Å². The Bertz CT molecular complexity index is 939. The molecule has 2 aromatic rings. The van der Waals surface area contributed by atoms with E-state index in [9.17, 15) is 14.4 Å². The number of nitrogens with zero attached hydrogens (tertiary/aromatic N) is 2. The molecule has 1 fully saturated rings. The van der Waals surface area contributed by atoms with Gasteiger partial charge in [0.2, 0.25) is 17.7 Å². The number of thiazole rings is 1. The Balaban J connectivity index is 1.46. The number of carbonyl (C=O) groups is 3. The van der Waals surface area contributed by atoms with Crippen LogP contribution in [-0.2, 0) is 27.2 Å². The van der Waals surface area contributed by atoms with Crippen molar-refractivity contribution < 1.29 is 14.4 Å². The Morgan fingerprint density at radius 2 is 1.82 bits per heavy atom. The standard InChI is InChI=1S/C26H36N4O3S/c1-19(2)16-30(25(33)21-11-7-4-8-12-21)17-24(32)29-26-28-22(18-34-26)15-23(31)27-14-13-20-9-5-3-6-10-20/h3,5-6,9-10,18-19,21H,4,7-8,11-17H2,1-2H3,(H,27,31)(H,28,29,32). The fraction of sp³-hybridized carbons (Fsp3) is 0.538. The van der Waals surface area contributed by atoms with Crippen LogP contribution in [-0.4, -0.2) is 47.2 Å². The molecule has 1 aliphatic rings. The molecule has 34 heavy (non-hydrogen) atoms. The molecule has 0 spiro atoms. The molecule has 0 unspecified atom stereocenters. The van der Waals surface area contributed by atoms with Crippen LogP contribution in [0.15, 0.2) is 35.7 Å². The number of hydrogen-bond donors (Lipinski definition) is 2. The minimum Gasteiger partial charge on any atom is -0.355 e. The van der Waals surface area contributed by atoms with Crippen molar-refractivity contribution in [3.8, 4) is 0 Å². The second-order valence-corrected chi connectivity index (χ2v) is 10.3. The molecule has 0 saturated heterocycles. The van der Waals surface area contributed by atoms with Crippen molar-refractivity contribution in [2.45, 2.75) is 58.8 Å². The fourth-order valence-corrected chi connectivity index (χ4v) is 5.00. The van der Waals surface area contributed by atoms with Gasteiger partial charge in [0.15, 0.2) is 5.13 Å². The first-order valence-corrected chi connectivity index (χ1v) is 13.1. The van der Waals surface area contributed by atoms with E-state index in [2.05, 4.69) is 29.5 Å². The van der Waals surface area contributed by atoms with E-state index in [0.29, 0.717) is 23.9 Å². The number of aromatic nitrogens is 1. The zero-order chi connectivity index (χ0) is 24.3. The van der Waals surface area contributed by atoms with Gasteiger partial charge in [0.05, 0.1) is 18.7 Å². The Morgan fingerprint density at radius 1 is 1.09 bits per heavy atom. The first-order valence-electron chi connectivity index (χ1n) is 12.2. The first-order chi connectivity index (χ1) is 16.4. The van der Waals surface area contributed by atoms with Gasteiger partial charge in [0, 0.05) is 24.4 Å². The predicted octanol–water partition coefficient (Wildman–Crippen LogP) is 4.05. The largest absolute Gasteiger partial charge is 0.355 e. The first kappa shape index (κ1) is 25.9. The third-order valence-electron chi connectivity index (χ3n) is 5.90. The molecule has 184 valence electrons. The summed E-state index contributed by atoms with van der Waals surface area (Å²) >= 11 is 1.29. The summed E-state index contributed by atoms with van der Waals surface area (Å²) in [4.78, 5) is 44.0. The number of anilines is 1. The van der Waals surface area contributed by atoms with Gasteiger partial charge in [-0.25, -0.2) is 4.98 Å². The maximum absolute atomic E-state index is 13.0. The number of hydrogen-bond acceptors (Lipinski definition) is 5. The smallest absolute Gasteiger partial charge is 0.245 e. The second-order valence-electron chi connectivity index (χ2n) is 9.40. The highest BCUT2D eigenvalue weighted by Crippen LogP contribution is 2.26. The fourth-order valence-electron chi connectivity index (χ4n) is 4.28. The third-order valence-corrected chi connectivity index (χ3v) is 6.71. The highest BCUT2D eigenvalue weighted by Gasteiger charge is 2.27. The summed E-state index contributed by atoms with van der Waals surface area (Å²) in [6, 6.07) is 10.0. The third kappa shape index (κ3) is 8.56. The van der Waals surface area contributed by atoms with Gasteiger partial charge < -0.3 is 15.5 Å². The molecule has 0 bridgehead atoms. The van der Waals surface area contributed by atoms with Crippen molar-refractivity contribution in [2.24, 2.45) is 11.8 Å². The summed E-state index contributed by atoms with van der Waals surface area (Å²) in [6.45, 7) is 5.27. The van der Waals surface area contributed by atoms with E-state index in [0.717, 1.165) is 32.1 Å². The summed E-state index contributed by atoms with van der Waals surface area (Å²) in [6.07, 6.45) is 6.13. The van der Waals surface area contributed by atoms with Gasteiger partial charge in [0.1, 0.15) is 0 Å². The summed E-state index contributed by atoms with van der Waals surface area (Å²) in [5.74, 6) is 0.0632. The summed E-state index contributed by atoms with van der Waals surface area (Å²) in [5.41, 5.74) is 1.80. The molecule has 0 atom stereocenters. The normalized spacial score (nSPS) is 14.1. The molecule has 1 aromatic heterocycles. The Morgan fingerprint density at radius 3 is 2.53 bits per heavy atom. The van der Waals surface area contributed by atoms with E-state index in [1.807, 2.05) is 30.3 Å². The molecule has 1 aromatic carbocycles. The molecular formula is C26H36N4O3S. The van der Waals surface area contributed by atoms with Crippen LogP contribution in [0.25, 0.3) is 0 Å². The van der Waals surface area contributed by atoms with Gasteiger partial charge in [0.25, 0.3) is 0 Å². The molecule has 2 N–H and O–H groups in total. The number of nitrogens with one attached hydrogen (secondary N) is 2. The van der Waals surface area contributed by atoms with Gasteiger partial charge in [-0.1, -0.05) is 63.4 Å². The molecular weight excluding hydrogens is 448 g/mol. The topological polar surface area (TPSA) is 91.4 Å². The van der Waals surface area contributed by atoms with E-state index in [1.54, 1.807) is 10.3 Å². The van der Waals surface area contributed by atoms with Crippen LogP contribution in [0.1, 0.15) is 57.2 Å². The van der Waals surface area contributed by atoms with Crippen LogP contribution >= 0.6 is 11.3 Å². The quantitative estimate of drug-likeness (QED) is 0.503. The summed E-state index contributed by atoms with van der Waals surface area (Å²) in [7, 11) is 0. The molecule has 1 saturated carbocycles. The lowest BCUT2D eigenvalue weighted by Crippen LogP contribution is -2.43. The molecule has 7 nitrogen and oxygen atoms in total. The number of rotatable bonds is 11. The van der Waals surface area contributed by atoms with E-state index in [1.165, 1.54) is 23.3 Å². The second kappa shape index (κ2) is 13.2. The van der Waals surface area contributed by atoms with Crippen molar-refractivity contribution in [1.82, 2.24) is 15.2 Å². The van der Waals surface area contributed by atoms with Crippen molar-refractivity contribution in [3.05, 3.63) is 47.0 Å². The number of benzene rings is 1. The summed E-state index contributed by atoms with van der Waals surface area (Å²) in [5, 5.41) is 7.95. The van der Waals surface area contributed by atoms with Gasteiger partial charge in [-0.2, -0.15) is 0 Å². The minimum absolute atomic E-state index is 0.0302. The highest BCUT2D eigenvalue weighted by atomic mass is 32.1. The predicted molar refractivity (Wildman–Crippen MR) is 136 cm³/mol. The zero-order valence-electron chi connectivity index (χ0n) is 20.2.